The van der Waals surface area contributed by atoms with Crippen molar-refractivity contribution in [1.82, 2.24) is 15.3 Å². The Hall–Kier alpha value is -3.30. The van der Waals surface area contributed by atoms with Crippen LogP contribution in [-0.4, -0.2) is 23.6 Å². The van der Waals surface area contributed by atoms with Gasteiger partial charge < -0.3 is 16.0 Å². The first kappa shape index (κ1) is 21.9. The molecule has 0 amide bonds. The van der Waals surface area contributed by atoms with Gasteiger partial charge in [0.2, 0.25) is 5.95 Å². The van der Waals surface area contributed by atoms with Gasteiger partial charge in [-0.15, -0.1) is 0 Å². The van der Waals surface area contributed by atoms with Gasteiger partial charge in [-0.1, -0.05) is 55.1 Å². The lowest BCUT2D eigenvalue weighted by molar-refractivity contribution is 0.842. The summed E-state index contributed by atoms with van der Waals surface area (Å²) in [5.74, 6) is 1.94. The highest BCUT2D eigenvalue weighted by atomic mass is 79.9. The second kappa shape index (κ2) is 10.3. The van der Waals surface area contributed by atoms with Crippen molar-refractivity contribution in [3.63, 3.8) is 0 Å². The van der Waals surface area contributed by atoms with Crippen LogP contribution in [0.2, 0.25) is 0 Å². The number of nitrogens with zero attached hydrogens (tertiary/aromatic N) is 2. The average Bonchev–Trinajstić information content (AvgIpc) is 3.66. The summed E-state index contributed by atoms with van der Waals surface area (Å²) in [5, 5.41) is 9.95. The van der Waals surface area contributed by atoms with Gasteiger partial charge in [-0.2, -0.15) is 4.98 Å². The molecular weight excluding hydrogens is 462 g/mol. The van der Waals surface area contributed by atoms with Crippen LogP contribution in [0.15, 0.2) is 83.2 Å². The zero-order valence-corrected chi connectivity index (χ0v) is 19.6. The van der Waals surface area contributed by atoms with E-state index in [1.54, 1.807) is 6.20 Å². The van der Waals surface area contributed by atoms with Crippen molar-refractivity contribution >= 4 is 27.7 Å². The molecule has 1 atom stereocenters. The summed E-state index contributed by atoms with van der Waals surface area (Å²) < 4.78 is 0.778. The highest BCUT2D eigenvalue weighted by Crippen LogP contribution is 2.35. The molecule has 0 bridgehead atoms. The van der Waals surface area contributed by atoms with E-state index in [0.717, 1.165) is 15.7 Å². The van der Waals surface area contributed by atoms with Crippen LogP contribution in [0.5, 0.6) is 0 Å². The first-order chi connectivity index (χ1) is 15.6. The van der Waals surface area contributed by atoms with Gasteiger partial charge in [-0.25, -0.2) is 4.98 Å². The third kappa shape index (κ3) is 5.68. The molecule has 0 aliphatic heterocycles. The van der Waals surface area contributed by atoms with Crippen molar-refractivity contribution in [2.45, 2.75) is 18.8 Å². The maximum absolute atomic E-state index is 4.66. The van der Waals surface area contributed by atoms with E-state index in [4.69, 9.17) is 0 Å². The van der Waals surface area contributed by atoms with Crippen LogP contribution >= 0.6 is 15.9 Å². The summed E-state index contributed by atoms with van der Waals surface area (Å²) in [7, 11) is 1.95. The Labute approximate surface area is 198 Å². The Morgan fingerprint density at radius 1 is 1.25 bits per heavy atom. The number of allylic oxidation sites excluding steroid dienone is 2. The first-order valence-electron chi connectivity index (χ1n) is 10.7. The molecule has 1 unspecified atom stereocenters. The molecule has 6 heteroatoms. The summed E-state index contributed by atoms with van der Waals surface area (Å²) >= 11 is 3.54. The maximum atomic E-state index is 4.66. The number of rotatable bonds is 10. The predicted molar refractivity (Wildman–Crippen MR) is 133 cm³/mol. The molecular formula is C26H26BrN5. The number of benzene rings is 1. The molecule has 0 spiro atoms. The molecule has 1 aliphatic rings. The van der Waals surface area contributed by atoms with Crippen LogP contribution < -0.4 is 16.0 Å². The Kier molecular flexibility index (Phi) is 7.08. The number of anilines is 2. The molecule has 3 aromatic rings. The zero-order chi connectivity index (χ0) is 22.3. The van der Waals surface area contributed by atoms with Crippen LogP contribution in [0, 0.1) is 18.1 Å². The van der Waals surface area contributed by atoms with E-state index >= 15 is 0 Å². The molecule has 2 aromatic carbocycles. The standard InChI is InChI=1S/C26H26BrN5/c1-18(15-24(28-2)21-13-14-21)31-25-23(27)17-30-26(32-25)29-16-22(19-9-5-3-6-10-19)20-11-7-4-8-12-20/h3-7,9-11,15,17,21-22,28H,1,13-14,16H2,2H3,(H2,29,30,31,32)/b24-15-. The fourth-order valence-corrected chi connectivity index (χ4v) is 3.85. The monoisotopic (exact) mass is 487 g/mol. The normalized spacial score (nSPS) is 13.4. The predicted octanol–water partition coefficient (Wildman–Crippen LogP) is 5.52. The van der Waals surface area contributed by atoms with Crippen LogP contribution in [0.4, 0.5) is 11.8 Å². The molecule has 5 nitrogen and oxygen atoms in total. The Balaban J connectivity index is 1.48. The van der Waals surface area contributed by atoms with Gasteiger partial charge in [0.05, 0.1) is 4.47 Å². The van der Waals surface area contributed by atoms with Crippen molar-refractivity contribution in [2.24, 2.45) is 5.92 Å². The molecule has 1 aliphatic carbocycles. The Morgan fingerprint density at radius 3 is 2.75 bits per heavy atom. The lowest BCUT2D eigenvalue weighted by atomic mass is 9.92. The maximum Gasteiger partial charge on any atom is 0.224 e. The van der Waals surface area contributed by atoms with Crippen molar-refractivity contribution in [3.8, 4) is 0 Å². The number of nitrogens with one attached hydrogen (secondary N) is 3. The molecule has 1 heterocycles. The van der Waals surface area contributed by atoms with E-state index in [-0.39, 0.29) is 5.92 Å². The van der Waals surface area contributed by atoms with Crippen molar-refractivity contribution in [2.75, 3.05) is 24.2 Å². The van der Waals surface area contributed by atoms with E-state index in [2.05, 4.69) is 78.8 Å². The third-order valence-corrected chi connectivity index (χ3v) is 5.95. The Bertz CT molecular complexity index is 1040. The molecule has 0 radical (unpaired) electrons. The quantitative estimate of drug-likeness (QED) is 0.328. The number of halogens is 1. The summed E-state index contributed by atoms with van der Waals surface area (Å²) in [6, 6.07) is 22.6. The van der Waals surface area contributed by atoms with Crippen molar-refractivity contribution in [1.29, 1.82) is 0 Å². The molecule has 4 rings (SSSR count). The zero-order valence-electron chi connectivity index (χ0n) is 18.0. The van der Waals surface area contributed by atoms with E-state index in [1.807, 2.05) is 43.5 Å². The van der Waals surface area contributed by atoms with E-state index in [0.29, 0.717) is 24.2 Å². The molecule has 1 saturated carbocycles. The molecule has 1 aromatic heterocycles. The SMILES string of the molecule is C=C(/C=C(\NC)C1CC1)Nc1nc(NCC(c2c#cccc2)c2ccccc2)ncc1Br. The summed E-state index contributed by atoms with van der Waals surface area (Å²) in [4.78, 5) is 9.09. The van der Waals surface area contributed by atoms with E-state index in [9.17, 15) is 0 Å². The second-order valence-electron chi connectivity index (χ2n) is 7.76. The van der Waals surface area contributed by atoms with Gasteiger partial charge in [-0.3, -0.25) is 0 Å². The van der Waals surface area contributed by atoms with Crippen LogP contribution in [-0.2, 0) is 0 Å². The van der Waals surface area contributed by atoms with Crippen LogP contribution in [0.25, 0.3) is 0 Å². The number of hydrogen-bond acceptors (Lipinski definition) is 5. The van der Waals surface area contributed by atoms with Gasteiger partial charge in [0.25, 0.3) is 0 Å². The van der Waals surface area contributed by atoms with Gasteiger partial charge in [0, 0.05) is 42.7 Å². The van der Waals surface area contributed by atoms with Gasteiger partial charge >= 0.3 is 0 Å². The number of aromatic nitrogens is 2. The first-order valence-corrected chi connectivity index (χ1v) is 11.5. The third-order valence-electron chi connectivity index (χ3n) is 5.37. The molecule has 32 heavy (non-hydrogen) atoms. The van der Waals surface area contributed by atoms with Gasteiger partial charge in [-0.05, 0) is 58.5 Å². The number of hydrogen-bond donors (Lipinski definition) is 3. The molecule has 162 valence electrons. The van der Waals surface area contributed by atoms with Crippen LogP contribution in [0.1, 0.15) is 29.9 Å². The fourth-order valence-electron chi connectivity index (χ4n) is 3.56. The minimum absolute atomic E-state index is 0.104. The smallest absolute Gasteiger partial charge is 0.224 e. The minimum atomic E-state index is 0.104. The van der Waals surface area contributed by atoms with Gasteiger partial charge in [0.15, 0.2) is 0 Å². The fraction of sp³-hybridized carbons (Fsp3) is 0.231. The Morgan fingerprint density at radius 2 is 2.06 bits per heavy atom. The van der Waals surface area contributed by atoms with Gasteiger partial charge in [0.1, 0.15) is 5.82 Å². The molecule has 3 N–H and O–H groups in total. The highest BCUT2D eigenvalue weighted by molar-refractivity contribution is 9.10. The second-order valence-corrected chi connectivity index (χ2v) is 8.61. The average molecular weight is 488 g/mol. The minimum Gasteiger partial charge on any atom is -0.391 e. The lowest BCUT2D eigenvalue weighted by Crippen LogP contribution is -2.16. The molecule has 1 fully saturated rings. The lowest BCUT2D eigenvalue weighted by Gasteiger charge is -2.18. The summed E-state index contributed by atoms with van der Waals surface area (Å²) in [6.45, 7) is 4.77. The van der Waals surface area contributed by atoms with E-state index < -0.39 is 0 Å². The molecule has 0 saturated heterocycles. The largest absolute Gasteiger partial charge is 0.391 e. The summed E-state index contributed by atoms with van der Waals surface area (Å²) in [6.07, 6.45) is 6.25. The highest BCUT2D eigenvalue weighted by Gasteiger charge is 2.25. The van der Waals surface area contributed by atoms with Crippen molar-refractivity contribution in [3.05, 3.63) is 107 Å². The summed E-state index contributed by atoms with van der Waals surface area (Å²) in [5.41, 5.74) is 4.25. The van der Waals surface area contributed by atoms with Crippen molar-refractivity contribution < 1.29 is 0 Å². The topological polar surface area (TPSA) is 61.9 Å². The van der Waals surface area contributed by atoms with Crippen LogP contribution in [0.3, 0.4) is 0 Å². The van der Waals surface area contributed by atoms with E-state index in [1.165, 1.54) is 24.1 Å².